The Morgan fingerprint density at radius 1 is 1.33 bits per heavy atom. The summed E-state index contributed by atoms with van der Waals surface area (Å²) in [6.07, 6.45) is 2.55. The molecule has 0 aliphatic carbocycles. The van der Waals surface area contributed by atoms with E-state index in [0.29, 0.717) is 13.2 Å². The number of hydrogen-bond donors (Lipinski definition) is 1. The molecule has 18 heavy (non-hydrogen) atoms. The van der Waals surface area contributed by atoms with Gasteiger partial charge in [-0.3, -0.25) is 0 Å². The summed E-state index contributed by atoms with van der Waals surface area (Å²) < 4.78 is 16.5. The Hall–Kier alpha value is -0.775. The summed E-state index contributed by atoms with van der Waals surface area (Å²) in [6, 6.07) is 0. The van der Waals surface area contributed by atoms with E-state index in [9.17, 15) is 5.11 Å². The first-order valence-corrected chi connectivity index (χ1v) is 6.22. The summed E-state index contributed by atoms with van der Waals surface area (Å²) >= 11 is 0. The van der Waals surface area contributed by atoms with Crippen LogP contribution in [0, 0.1) is 0 Å². The smallest absolute Gasteiger partial charge is 0.376 e. The maximum absolute atomic E-state index is 10.0. The van der Waals surface area contributed by atoms with Crippen molar-refractivity contribution in [3.05, 3.63) is 17.4 Å². The molecule has 5 heteroatoms. The molecule has 99 valence electrons. The topological polar surface area (TPSA) is 51.8 Å². The average Bonchev–Trinajstić information content (AvgIpc) is 2.68. The van der Waals surface area contributed by atoms with Crippen LogP contribution in [0.3, 0.4) is 0 Å². The van der Waals surface area contributed by atoms with Crippen LogP contribution in [0.2, 0.25) is 0 Å². The van der Waals surface area contributed by atoms with Crippen LogP contribution >= 0.6 is 0 Å². The van der Waals surface area contributed by atoms with Crippen LogP contribution in [-0.2, 0) is 22.4 Å². The fourth-order valence-electron chi connectivity index (χ4n) is 1.64. The van der Waals surface area contributed by atoms with Crippen LogP contribution in [-0.4, -0.2) is 30.4 Å². The Morgan fingerprint density at radius 3 is 2.72 bits per heavy atom. The molecular formula is C13H20BO4. The van der Waals surface area contributed by atoms with Crippen molar-refractivity contribution in [2.45, 2.75) is 51.9 Å². The van der Waals surface area contributed by atoms with Crippen LogP contribution in [0.5, 0.6) is 0 Å². The predicted octanol–water partition coefficient (Wildman–Crippen LogP) is 1.16. The average molecular weight is 251 g/mol. The van der Waals surface area contributed by atoms with Gasteiger partial charge in [0.15, 0.2) is 0 Å². The van der Waals surface area contributed by atoms with Gasteiger partial charge < -0.3 is 18.9 Å². The summed E-state index contributed by atoms with van der Waals surface area (Å²) in [7, 11) is 1.60. The molecule has 1 aliphatic rings. The largest absolute Gasteiger partial charge is 0.476 e. The van der Waals surface area contributed by atoms with Gasteiger partial charge in [0.25, 0.3) is 0 Å². The Bertz CT molecular complexity index is 417. The Kier molecular flexibility index (Phi) is 3.58. The third kappa shape index (κ3) is 2.63. The molecular weight excluding hydrogens is 231 g/mol. The highest BCUT2D eigenvalue weighted by molar-refractivity contribution is 6.46. The van der Waals surface area contributed by atoms with E-state index in [1.54, 1.807) is 27.6 Å². The molecule has 0 fully saturated rings. The second kappa shape index (κ2) is 4.72. The zero-order valence-electron chi connectivity index (χ0n) is 11.4. The molecule has 2 heterocycles. The quantitative estimate of drug-likeness (QED) is 0.816. The lowest BCUT2D eigenvalue weighted by Gasteiger charge is -2.37. The van der Waals surface area contributed by atoms with Gasteiger partial charge in [0.1, 0.15) is 0 Å². The molecule has 0 amide bonds. The molecule has 0 atom stereocenters. The van der Waals surface area contributed by atoms with E-state index in [2.05, 4.69) is 0 Å². The third-order valence-corrected chi connectivity index (χ3v) is 3.70. The molecule has 0 saturated heterocycles. The van der Waals surface area contributed by atoms with Gasteiger partial charge in [-0.2, -0.15) is 0 Å². The number of fused-ring (bicyclic) bond motifs is 1. The molecule has 1 N–H and O–H groups in total. The summed E-state index contributed by atoms with van der Waals surface area (Å²) in [5, 5.41) is 10.0. The highest BCUT2D eigenvalue weighted by Gasteiger charge is 2.36. The molecule has 0 saturated carbocycles. The van der Waals surface area contributed by atoms with E-state index >= 15 is 0 Å². The minimum absolute atomic E-state index is 0.599. The normalized spacial score (nSPS) is 16.5. The zero-order valence-corrected chi connectivity index (χ0v) is 11.4. The highest BCUT2D eigenvalue weighted by atomic mass is 16.5. The van der Waals surface area contributed by atoms with E-state index in [1.807, 2.05) is 13.8 Å². The molecule has 1 aromatic heterocycles. The SMILES string of the molecule is CC(C)(O)C(C)(C)O[B]c1occ2c1CCOC2. The lowest BCUT2D eigenvalue weighted by atomic mass is 9.83. The van der Waals surface area contributed by atoms with Gasteiger partial charge in [-0.25, -0.2) is 0 Å². The maximum Gasteiger partial charge on any atom is 0.376 e. The summed E-state index contributed by atoms with van der Waals surface area (Å²) in [6.45, 7) is 8.46. The molecule has 4 nitrogen and oxygen atoms in total. The lowest BCUT2D eigenvalue weighted by molar-refractivity contribution is -0.0895. The van der Waals surface area contributed by atoms with Crippen molar-refractivity contribution >= 4 is 13.1 Å². The van der Waals surface area contributed by atoms with Crippen molar-refractivity contribution in [2.24, 2.45) is 0 Å². The highest BCUT2D eigenvalue weighted by Crippen LogP contribution is 2.24. The van der Waals surface area contributed by atoms with Crippen LogP contribution in [0.25, 0.3) is 0 Å². The van der Waals surface area contributed by atoms with E-state index in [1.165, 1.54) is 0 Å². The first-order chi connectivity index (χ1) is 8.31. The number of ether oxygens (including phenoxy) is 1. The zero-order chi connectivity index (χ0) is 13.4. The summed E-state index contributed by atoms with van der Waals surface area (Å²) in [4.78, 5) is 0. The number of furan rings is 1. The van der Waals surface area contributed by atoms with Crippen molar-refractivity contribution in [3.63, 3.8) is 0 Å². The van der Waals surface area contributed by atoms with Gasteiger partial charge in [0.2, 0.25) is 0 Å². The molecule has 0 bridgehead atoms. The molecule has 0 unspecified atom stereocenters. The van der Waals surface area contributed by atoms with Gasteiger partial charge in [0.05, 0.1) is 36.3 Å². The van der Waals surface area contributed by atoms with Crippen molar-refractivity contribution in [1.29, 1.82) is 0 Å². The Labute approximate surface area is 109 Å². The number of rotatable bonds is 4. The van der Waals surface area contributed by atoms with Crippen LogP contribution in [0.15, 0.2) is 10.7 Å². The van der Waals surface area contributed by atoms with E-state index in [4.69, 9.17) is 13.8 Å². The molecule has 2 rings (SSSR count). The lowest BCUT2D eigenvalue weighted by Crippen LogP contribution is -2.49. The summed E-state index contributed by atoms with van der Waals surface area (Å²) in [5.41, 5.74) is 1.34. The third-order valence-electron chi connectivity index (χ3n) is 3.70. The van der Waals surface area contributed by atoms with Crippen LogP contribution < -0.4 is 5.66 Å². The Morgan fingerprint density at radius 2 is 2.06 bits per heavy atom. The predicted molar refractivity (Wildman–Crippen MR) is 68.9 cm³/mol. The van der Waals surface area contributed by atoms with Crippen molar-refractivity contribution < 1.29 is 18.9 Å². The molecule has 0 spiro atoms. The fourth-order valence-corrected chi connectivity index (χ4v) is 1.64. The number of aliphatic hydroxyl groups is 1. The van der Waals surface area contributed by atoms with E-state index in [0.717, 1.165) is 23.2 Å². The van der Waals surface area contributed by atoms with E-state index in [-0.39, 0.29) is 0 Å². The van der Waals surface area contributed by atoms with Gasteiger partial charge in [-0.05, 0) is 39.7 Å². The van der Waals surface area contributed by atoms with E-state index < -0.39 is 11.2 Å². The van der Waals surface area contributed by atoms with Crippen molar-refractivity contribution in [2.75, 3.05) is 6.61 Å². The minimum atomic E-state index is -0.931. The second-order valence-corrected chi connectivity index (χ2v) is 5.71. The van der Waals surface area contributed by atoms with Crippen LogP contribution in [0.1, 0.15) is 38.8 Å². The minimum Gasteiger partial charge on any atom is -0.476 e. The molecule has 1 aliphatic heterocycles. The molecule has 1 aromatic rings. The fraction of sp³-hybridized carbons (Fsp3) is 0.692. The standard InChI is InChI=1S/C13H20BO4/c1-12(2,15)13(3,4)18-14-11-10-5-6-16-7-9(10)8-17-11/h8,15H,5-7H2,1-4H3. The summed E-state index contributed by atoms with van der Waals surface area (Å²) in [5.74, 6) is 0. The van der Waals surface area contributed by atoms with Crippen molar-refractivity contribution in [1.82, 2.24) is 0 Å². The first-order valence-electron chi connectivity index (χ1n) is 6.22. The van der Waals surface area contributed by atoms with Gasteiger partial charge in [0, 0.05) is 5.56 Å². The van der Waals surface area contributed by atoms with Crippen molar-refractivity contribution in [3.8, 4) is 0 Å². The first kappa shape index (κ1) is 13.7. The maximum atomic E-state index is 10.0. The number of hydrogen-bond acceptors (Lipinski definition) is 4. The Balaban J connectivity index is 2.05. The van der Waals surface area contributed by atoms with Crippen LogP contribution in [0.4, 0.5) is 0 Å². The molecule has 1 radical (unpaired) electrons. The molecule has 0 aromatic carbocycles. The van der Waals surface area contributed by atoms with Gasteiger partial charge in [-0.15, -0.1) is 0 Å². The monoisotopic (exact) mass is 251 g/mol. The second-order valence-electron chi connectivity index (χ2n) is 5.71. The van der Waals surface area contributed by atoms with Gasteiger partial charge in [-0.1, -0.05) is 0 Å². The van der Waals surface area contributed by atoms with Gasteiger partial charge >= 0.3 is 7.48 Å².